The molecule has 0 spiro atoms. The van der Waals surface area contributed by atoms with Gasteiger partial charge in [-0.15, -0.1) is 0 Å². The van der Waals surface area contributed by atoms with E-state index in [2.05, 4.69) is 5.43 Å². The van der Waals surface area contributed by atoms with Crippen LogP contribution in [0.5, 0.6) is 0 Å². The fourth-order valence-electron chi connectivity index (χ4n) is 2.24. The van der Waals surface area contributed by atoms with E-state index in [9.17, 15) is 18.0 Å². The number of hydrogen-bond donors (Lipinski definition) is 1. The zero-order valence-electron chi connectivity index (χ0n) is 11.6. The van der Waals surface area contributed by atoms with Gasteiger partial charge in [0.15, 0.2) is 0 Å². The Kier molecular flexibility index (Phi) is 5.19. The lowest BCUT2D eigenvalue weighted by Gasteiger charge is -2.28. The van der Waals surface area contributed by atoms with Crippen molar-refractivity contribution in [2.75, 3.05) is 26.3 Å². The van der Waals surface area contributed by atoms with Gasteiger partial charge in [-0.3, -0.25) is 10.2 Å². The third kappa shape index (κ3) is 4.71. The zero-order valence-corrected chi connectivity index (χ0v) is 11.6. The lowest BCUT2D eigenvalue weighted by Crippen LogP contribution is -2.49. The molecular weight excluding hydrogens is 283 g/mol. The Bertz CT molecular complexity index is 458. The highest BCUT2D eigenvalue weighted by Crippen LogP contribution is 2.19. The monoisotopic (exact) mass is 301 g/mol. The summed E-state index contributed by atoms with van der Waals surface area (Å²) in [7, 11) is 0. The smallest absolute Gasteiger partial charge is 0.320 e. The maximum absolute atomic E-state index is 12.7. The number of amides is 1. The molecule has 1 saturated heterocycles. The molecule has 0 atom stereocenters. The van der Waals surface area contributed by atoms with E-state index < -0.39 is 12.1 Å². The molecule has 0 aromatic heterocycles. The van der Waals surface area contributed by atoms with E-state index in [1.807, 2.05) is 30.3 Å². The number of benzene rings is 1. The summed E-state index contributed by atoms with van der Waals surface area (Å²) in [6.45, 7) is 1.37. The number of rotatable bonds is 5. The van der Waals surface area contributed by atoms with Crippen LogP contribution in [0.25, 0.3) is 0 Å². The normalized spacial score (nSPS) is 16.1. The fourth-order valence-corrected chi connectivity index (χ4v) is 2.24. The van der Waals surface area contributed by atoms with Gasteiger partial charge >= 0.3 is 12.1 Å². The van der Waals surface area contributed by atoms with E-state index in [-0.39, 0.29) is 13.2 Å². The van der Waals surface area contributed by atoms with Crippen molar-refractivity contribution in [3.63, 3.8) is 0 Å². The first-order chi connectivity index (χ1) is 9.97. The summed E-state index contributed by atoms with van der Waals surface area (Å²) in [4.78, 5) is 12.4. The number of nitrogens with one attached hydrogen (secondary N) is 1. The summed E-state index contributed by atoms with van der Waals surface area (Å²) >= 11 is 0. The Morgan fingerprint density at radius 2 is 2.00 bits per heavy atom. The van der Waals surface area contributed by atoms with Gasteiger partial charge in [0.05, 0.1) is 6.67 Å². The van der Waals surface area contributed by atoms with Crippen molar-refractivity contribution >= 4 is 5.91 Å². The SMILES string of the molecule is O=C(N(CCc1ccccc1)CN1CCCN1)C(F)(F)F. The second-order valence-electron chi connectivity index (χ2n) is 4.97. The summed E-state index contributed by atoms with van der Waals surface area (Å²) in [6.07, 6.45) is -3.57. The third-order valence-corrected chi connectivity index (χ3v) is 3.32. The predicted octanol–water partition coefficient (Wildman–Crippen LogP) is 1.79. The molecule has 1 aromatic carbocycles. The van der Waals surface area contributed by atoms with Crippen LogP contribution in [0.2, 0.25) is 0 Å². The molecule has 1 aromatic rings. The average Bonchev–Trinajstić information content (AvgIpc) is 2.95. The van der Waals surface area contributed by atoms with Crippen molar-refractivity contribution in [2.24, 2.45) is 0 Å². The molecule has 116 valence electrons. The van der Waals surface area contributed by atoms with Crippen molar-refractivity contribution in [1.82, 2.24) is 15.3 Å². The van der Waals surface area contributed by atoms with Gasteiger partial charge < -0.3 is 4.90 Å². The summed E-state index contributed by atoms with van der Waals surface area (Å²) in [5, 5.41) is 1.65. The van der Waals surface area contributed by atoms with Crippen molar-refractivity contribution in [3.8, 4) is 0 Å². The number of halogens is 3. The van der Waals surface area contributed by atoms with Crippen LogP contribution >= 0.6 is 0 Å². The van der Waals surface area contributed by atoms with Gasteiger partial charge in [0, 0.05) is 19.6 Å². The minimum atomic E-state index is -4.84. The molecule has 2 rings (SSSR count). The molecule has 0 aliphatic carbocycles. The molecule has 0 radical (unpaired) electrons. The quantitative estimate of drug-likeness (QED) is 0.900. The van der Waals surface area contributed by atoms with Crippen LogP contribution in [-0.4, -0.2) is 48.3 Å². The molecule has 0 saturated carbocycles. The highest BCUT2D eigenvalue weighted by atomic mass is 19.4. The molecular formula is C14H18F3N3O. The molecule has 1 amide bonds. The van der Waals surface area contributed by atoms with Gasteiger partial charge in [-0.1, -0.05) is 30.3 Å². The highest BCUT2D eigenvalue weighted by molar-refractivity contribution is 5.81. The van der Waals surface area contributed by atoms with Crippen molar-refractivity contribution in [2.45, 2.75) is 19.0 Å². The number of alkyl halides is 3. The number of hydrogen-bond acceptors (Lipinski definition) is 3. The number of nitrogens with zero attached hydrogens (tertiary/aromatic N) is 2. The minimum absolute atomic E-state index is 0.0422. The van der Waals surface area contributed by atoms with Gasteiger partial charge in [0.1, 0.15) is 0 Å². The number of carbonyl (C=O) groups is 1. The van der Waals surface area contributed by atoms with Crippen LogP contribution < -0.4 is 5.43 Å². The standard InChI is InChI=1S/C14H18F3N3O/c15-14(16,17)13(21)19(11-20-9-4-8-18-20)10-7-12-5-2-1-3-6-12/h1-3,5-6,18H,4,7-11H2. The Hall–Kier alpha value is -1.60. The molecule has 7 heteroatoms. The number of hydrazine groups is 1. The van der Waals surface area contributed by atoms with Crippen LogP contribution in [0.3, 0.4) is 0 Å². The first-order valence-corrected chi connectivity index (χ1v) is 6.85. The molecule has 0 unspecified atom stereocenters. The summed E-state index contributed by atoms with van der Waals surface area (Å²) in [5.41, 5.74) is 3.87. The summed E-state index contributed by atoms with van der Waals surface area (Å²) in [6, 6.07) is 9.17. The second-order valence-corrected chi connectivity index (χ2v) is 4.97. The predicted molar refractivity (Wildman–Crippen MR) is 72.1 cm³/mol. The van der Waals surface area contributed by atoms with Crippen molar-refractivity contribution < 1.29 is 18.0 Å². The zero-order chi connectivity index (χ0) is 15.3. The van der Waals surface area contributed by atoms with Crippen molar-refractivity contribution in [1.29, 1.82) is 0 Å². The lowest BCUT2D eigenvalue weighted by atomic mass is 10.1. The Morgan fingerprint density at radius 3 is 2.57 bits per heavy atom. The Labute approximate surface area is 121 Å². The number of carbonyl (C=O) groups excluding carboxylic acids is 1. The molecule has 1 fully saturated rings. The Morgan fingerprint density at radius 1 is 1.29 bits per heavy atom. The third-order valence-electron chi connectivity index (χ3n) is 3.32. The summed E-state index contributed by atoms with van der Waals surface area (Å²) < 4.78 is 38.0. The Balaban J connectivity index is 1.98. The molecule has 1 heterocycles. The van der Waals surface area contributed by atoms with Crippen LogP contribution in [0.1, 0.15) is 12.0 Å². The molecule has 4 nitrogen and oxygen atoms in total. The van der Waals surface area contributed by atoms with Gasteiger partial charge in [-0.2, -0.15) is 13.2 Å². The topological polar surface area (TPSA) is 35.6 Å². The average molecular weight is 301 g/mol. The minimum Gasteiger partial charge on any atom is -0.320 e. The van der Waals surface area contributed by atoms with Gasteiger partial charge in [0.2, 0.25) is 0 Å². The second kappa shape index (κ2) is 6.91. The molecule has 0 bridgehead atoms. The largest absolute Gasteiger partial charge is 0.471 e. The molecule has 21 heavy (non-hydrogen) atoms. The summed E-state index contributed by atoms with van der Waals surface area (Å²) in [5.74, 6) is -1.79. The van der Waals surface area contributed by atoms with E-state index in [4.69, 9.17) is 0 Å². The van der Waals surface area contributed by atoms with Crippen LogP contribution in [0.15, 0.2) is 30.3 Å². The fraction of sp³-hybridized carbons (Fsp3) is 0.500. The lowest BCUT2D eigenvalue weighted by molar-refractivity contribution is -0.187. The molecule has 1 N–H and O–H groups in total. The van der Waals surface area contributed by atoms with Gasteiger partial charge in [-0.25, -0.2) is 5.01 Å². The van der Waals surface area contributed by atoms with Crippen LogP contribution in [0.4, 0.5) is 13.2 Å². The maximum atomic E-state index is 12.7. The first kappa shape index (κ1) is 15.8. The molecule has 1 aliphatic heterocycles. The first-order valence-electron chi connectivity index (χ1n) is 6.85. The van der Waals surface area contributed by atoms with Crippen LogP contribution in [0, 0.1) is 0 Å². The van der Waals surface area contributed by atoms with Gasteiger partial charge in [-0.05, 0) is 18.4 Å². The maximum Gasteiger partial charge on any atom is 0.471 e. The van der Waals surface area contributed by atoms with E-state index in [1.54, 1.807) is 5.01 Å². The van der Waals surface area contributed by atoms with E-state index in [0.717, 1.165) is 23.4 Å². The highest BCUT2D eigenvalue weighted by Gasteiger charge is 2.42. The van der Waals surface area contributed by atoms with Crippen LogP contribution in [-0.2, 0) is 11.2 Å². The van der Waals surface area contributed by atoms with Crippen molar-refractivity contribution in [3.05, 3.63) is 35.9 Å². The van der Waals surface area contributed by atoms with Gasteiger partial charge in [0.25, 0.3) is 0 Å². The van der Waals surface area contributed by atoms with E-state index in [1.165, 1.54) is 0 Å². The van der Waals surface area contributed by atoms with E-state index >= 15 is 0 Å². The van der Waals surface area contributed by atoms with E-state index in [0.29, 0.717) is 13.0 Å². The molecule has 1 aliphatic rings.